The molecule has 0 spiro atoms. The Hall–Kier alpha value is -4.80. The minimum atomic E-state index is -0.962. The van der Waals surface area contributed by atoms with E-state index in [-0.39, 0.29) is 36.2 Å². The fraction of sp³-hybridized carbons (Fsp3) is 0.205. The number of thioether (sulfide) groups is 1. The van der Waals surface area contributed by atoms with Gasteiger partial charge in [0, 0.05) is 41.1 Å². The van der Waals surface area contributed by atoms with Gasteiger partial charge in [-0.1, -0.05) is 79.7 Å². The number of nitrogens with zero attached hydrogens (tertiary/aromatic N) is 1. The number of carboxylic acids is 1. The molecule has 6 rings (SSSR count). The van der Waals surface area contributed by atoms with Crippen LogP contribution in [0.15, 0.2) is 126 Å². The molecule has 4 aromatic carbocycles. The molecule has 2 heterocycles. The van der Waals surface area contributed by atoms with E-state index in [0.29, 0.717) is 22.8 Å². The summed E-state index contributed by atoms with van der Waals surface area (Å²) in [4.78, 5) is 29.1. The Bertz CT molecular complexity index is 1870. The molecule has 4 unspecified atom stereocenters. The van der Waals surface area contributed by atoms with Gasteiger partial charge in [0.15, 0.2) is 6.29 Å². The van der Waals surface area contributed by atoms with E-state index in [9.17, 15) is 19.8 Å². The van der Waals surface area contributed by atoms with Crippen molar-refractivity contribution in [1.82, 2.24) is 10.3 Å². The number of nitrogens with one attached hydrogen (secondary N) is 1. The SMILES string of the molecule is CC1C(CSc2ccccc2C(=O)O)OC(c2cccc(-c3cccc(CNC(=O)c4cccnc4)c3)c2)OC1c1ccc(CO)cc1. The fourth-order valence-electron chi connectivity index (χ4n) is 5.76. The van der Waals surface area contributed by atoms with Crippen LogP contribution in [0.5, 0.6) is 0 Å². The summed E-state index contributed by atoms with van der Waals surface area (Å²) in [6, 6.07) is 34.3. The van der Waals surface area contributed by atoms with Crippen LogP contribution in [0.1, 0.15) is 62.3 Å². The van der Waals surface area contributed by atoms with Gasteiger partial charge in [0.1, 0.15) is 0 Å². The molecule has 0 bridgehead atoms. The smallest absolute Gasteiger partial charge is 0.336 e. The van der Waals surface area contributed by atoms with E-state index in [1.54, 1.807) is 36.7 Å². The van der Waals surface area contributed by atoms with Gasteiger partial charge >= 0.3 is 5.97 Å². The van der Waals surface area contributed by atoms with Gasteiger partial charge in [-0.05, 0) is 64.2 Å². The molecule has 3 N–H and O–H groups in total. The summed E-state index contributed by atoms with van der Waals surface area (Å²) in [5.74, 6) is -0.665. The zero-order valence-electron chi connectivity index (χ0n) is 26.4. The number of carbonyl (C=O) groups excluding carboxylic acids is 1. The molecule has 1 aromatic heterocycles. The molecular weight excluding hydrogens is 625 g/mol. The zero-order chi connectivity index (χ0) is 33.5. The summed E-state index contributed by atoms with van der Waals surface area (Å²) < 4.78 is 13.3. The van der Waals surface area contributed by atoms with E-state index < -0.39 is 12.3 Å². The number of ether oxygens (including phenoxy) is 2. The van der Waals surface area contributed by atoms with Gasteiger partial charge in [0.05, 0.1) is 29.9 Å². The number of aliphatic hydroxyl groups is 1. The van der Waals surface area contributed by atoms with Crippen LogP contribution in [0, 0.1) is 5.92 Å². The van der Waals surface area contributed by atoms with Crippen LogP contribution < -0.4 is 5.32 Å². The molecule has 5 aromatic rings. The monoisotopic (exact) mass is 660 g/mol. The Kier molecular flexibility index (Phi) is 10.6. The lowest BCUT2D eigenvalue weighted by Crippen LogP contribution is -2.38. The molecule has 1 aliphatic rings. The molecular formula is C39H36N2O6S. The lowest BCUT2D eigenvalue weighted by Gasteiger charge is -2.41. The van der Waals surface area contributed by atoms with Crippen molar-refractivity contribution in [3.05, 3.63) is 155 Å². The summed E-state index contributed by atoms with van der Waals surface area (Å²) in [5, 5.41) is 22.3. The van der Waals surface area contributed by atoms with Crippen molar-refractivity contribution in [2.24, 2.45) is 5.92 Å². The molecule has 1 fully saturated rings. The highest BCUT2D eigenvalue weighted by atomic mass is 32.2. The predicted molar refractivity (Wildman–Crippen MR) is 184 cm³/mol. The average molecular weight is 661 g/mol. The first-order valence-corrected chi connectivity index (χ1v) is 16.7. The minimum Gasteiger partial charge on any atom is -0.478 e. The summed E-state index contributed by atoms with van der Waals surface area (Å²) >= 11 is 1.47. The summed E-state index contributed by atoms with van der Waals surface area (Å²) in [7, 11) is 0. The first-order valence-electron chi connectivity index (χ1n) is 15.7. The van der Waals surface area contributed by atoms with Gasteiger partial charge in [-0.25, -0.2) is 4.79 Å². The number of amides is 1. The molecule has 244 valence electrons. The van der Waals surface area contributed by atoms with Gasteiger partial charge in [0.25, 0.3) is 5.91 Å². The molecule has 1 saturated heterocycles. The number of hydrogen-bond donors (Lipinski definition) is 3. The van der Waals surface area contributed by atoms with Crippen molar-refractivity contribution in [3.63, 3.8) is 0 Å². The van der Waals surface area contributed by atoms with E-state index in [4.69, 9.17) is 9.47 Å². The van der Waals surface area contributed by atoms with E-state index in [0.717, 1.165) is 33.4 Å². The molecule has 4 atom stereocenters. The standard InChI is InChI=1S/C39H36N2O6S/c1-25-34(24-48-35-13-3-2-12-33(35)38(44)45)46-39(47-36(25)28-16-14-26(23-42)15-17-28)31-10-5-9-30(20-31)29-8-4-7-27(19-29)21-41-37(43)32-11-6-18-40-22-32/h2-20,22,25,34,36,39,42H,21,23-24H2,1H3,(H,41,43)(H,44,45). The number of hydrogen-bond acceptors (Lipinski definition) is 7. The maximum atomic E-state index is 12.6. The van der Waals surface area contributed by atoms with E-state index in [1.807, 2.05) is 72.8 Å². The van der Waals surface area contributed by atoms with Gasteiger partial charge in [0.2, 0.25) is 0 Å². The van der Waals surface area contributed by atoms with Gasteiger partial charge in [-0.3, -0.25) is 9.78 Å². The quantitative estimate of drug-likeness (QED) is 0.125. The zero-order valence-corrected chi connectivity index (χ0v) is 27.2. The Labute approximate surface area is 283 Å². The second-order valence-electron chi connectivity index (χ2n) is 11.7. The minimum absolute atomic E-state index is 0.0415. The third-order valence-electron chi connectivity index (χ3n) is 8.44. The third-order valence-corrected chi connectivity index (χ3v) is 9.60. The van der Waals surface area contributed by atoms with E-state index >= 15 is 0 Å². The number of rotatable bonds is 11. The maximum absolute atomic E-state index is 12.6. The van der Waals surface area contributed by atoms with Crippen LogP contribution in [-0.4, -0.2) is 38.9 Å². The number of carbonyl (C=O) groups is 2. The highest BCUT2D eigenvalue weighted by Crippen LogP contribution is 2.43. The van der Waals surface area contributed by atoms with Crippen LogP contribution in [0.3, 0.4) is 0 Å². The first-order chi connectivity index (χ1) is 23.4. The topological polar surface area (TPSA) is 118 Å². The number of carboxylic acid groups (broad SMARTS) is 1. The highest BCUT2D eigenvalue weighted by Gasteiger charge is 2.38. The Morgan fingerprint density at radius 2 is 1.60 bits per heavy atom. The largest absolute Gasteiger partial charge is 0.478 e. The Morgan fingerprint density at radius 3 is 2.35 bits per heavy atom. The molecule has 8 nitrogen and oxygen atoms in total. The average Bonchev–Trinajstić information content (AvgIpc) is 3.14. The third kappa shape index (κ3) is 7.83. The summed E-state index contributed by atoms with van der Waals surface area (Å²) in [6.45, 7) is 2.42. The van der Waals surface area contributed by atoms with Crippen LogP contribution >= 0.6 is 11.8 Å². The molecule has 0 radical (unpaired) electrons. The molecule has 0 aliphatic carbocycles. The summed E-state index contributed by atoms with van der Waals surface area (Å²) in [5.41, 5.74) is 6.35. The van der Waals surface area contributed by atoms with Crippen molar-refractivity contribution in [2.45, 2.75) is 43.5 Å². The molecule has 1 aliphatic heterocycles. The fourth-order valence-corrected chi connectivity index (χ4v) is 6.97. The molecule has 0 saturated carbocycles. The molecule has 1 amide bonds. The lowest BCUT2D eigenvalue weighted by molar-refractivity contribution is -0.268. The van der Waals surface area contributed by atoms with Crippen molar-refractivity contribution in [3.8, 4) is 11.1 Å². The van der Waals surface area contributed by atoms with Crippen molar-refractivity contribution >= 4 is 23.6 Å². The van der Waals surface area contributed by atoms with Crippen LogP contribution in [0.25, 0.3) is 11.1 Å². The molecule has 9 heteroatoms. The number of aromatic nitrogens is 1. The number of pyridine rings is 1. The van der Waals surface area contributed by atoms with Crippen LogP contribution in [0.2, 0.25) is 0 Å². The van der Waals surface area contributed by atoms with Gasteiger partial charge in [-0.2, -0.15) is 0 Å². The second-order valence-corrected chi connectivity index (χ2v) is 12.7. The number of benzene rings is 4. The van der Waals surface area contributed by atoms with Crippen LogP contribution in [0.4, 0.5) is 0 Å². The lowest BCUT2D eigenvalue weighted by atomic mass is 9.91. The normalized spacial score (nSPS) is 19.0. The van der Waals surface area contributed by atoms with E-state index in [2.05, 4.69) is 29.4 Å². The summed E-state index contributed by atoms with van der Waals surface area (Å²) in [6.07, 6.45) is 1.95. The number of aromatic carboxylic acids is 1. The van der Waals surface area contributed by atoms with Gasteiger partial charge < -0.3 is 25.0 Å². The van der Waals surface area contributed by atoms with E-state index in [1.165, 1.54) is 11.8 Å². The van der Waals surface area contributed by atoms with Crippen molar-refractivity contribution in [2.75, 3.05) is 5.75 Å². The first kappa shape index (κ1) is 33.1. The van der Waals surface area contributed by atoms with Crippen LogP contribution in [-0.2, 0) is 22.6 Å². The molecule has 48 heavy (non-hydrogen) atoms. The van der Waals surface area contributed by atoms with Crippen molar-refractivity contribution < 1.29 is 29.3 Å². The Balaban J connectivity index is 1.24. The number of aliphatic hydroxyl groups excluding tert-OH is 1. The van der Waals surface area contributed by atoms with Crippen molar-refractivity contribution in [1.29, 1.82) is 0 Å². The Morgan fingerprint density at radius 1 is 0.833 bits per heavy atom. The maximum Gasteiger partial charge on any atom is 0.336 e. The highest BCUT2D eigenvalue weighted by molar-refractivity contribution is 7.99. The predicted octanol–water partition coefficient (Wildman–Crippen LogP) is 7.45. The van der Waals surface area contributed by atoms with Gasteiger partial charge in [-0.15, -0.1) is 11.8 Å². The second kappa shape index (κ2) is 15.4.